The van der Waals surface area contributed by atoms with E-state index in [0.29, 0.717) is 0 Å². The first-order valence-corrected chi connectivity index (χ1v) is 7.23. The summed E-state index contributed by atoms with van der Waals surface area (Å²) < 4.78 is 0. The summed E-state index contributed by atoms with van der Waals surface area (Å²) in [5.41, 5.74) is 3.24. The molecule has 20 heavy (non-hydrogen) atoms. The smallest absolute Gasteiger partial charge is 0.0406 e. The zero-order valence-corrected chi connectivity index (χ0v) is 12.6. The SMILES string of the molecule is CCN(CC)c1ccc(C#Cc2ccc(Cl)cc2)cc1. The predicted molar refractivity (Wildman–Crippen MR) is 87.4 cm³/mol. The standard InChI is InChI=1S/C18H18ClN/c1-3-20(4-2)18-13-9-16(10-14-18)6-5-15-7-11-17(19)12-8-15/h7-14H,3-4H2,1-2H3. The van der Waals surface area contributed by atoms with E-state index >= 15 is 0 Å². The highest BCUT2D eigenvalue weighted by molar-refractivity contribution is 6.30. The molecule has 102 valence electrons. The number of halogens is 1. The van der Waals surface area contributed by atoms with E-state index in [4.69, 9.17) is 11.6 Å². The fourth-order valence-corrected chi connectivity index (χ4v) is 2.15. The Kier molecular flexibility index (Phi) is 5.09. The third kappa shape index (κ3) is 3.79. The van der Waals surface area contributed by atoms with Gasteiger partial charge in [-0.3, -0.25) is 0 Å². The van der Waals surface area contributed by atoms with Gasteiger partial charge in [-0.05, 0) is 62.4 Å². The molecule has 0 bridgehead atoms. The van der Waals surface area contributed by atoms with Crippen molar-refractivity contribution in [2.24, 2.45) is 0 Å². The van der Waals surface area contributed by atoms with Crippen molar-refractivity contribution in [1.82, 2.24) is 0 Å². The van der Waals surface area contributed by atoms with Crippen LogP contribution in [0.15, 0.2) is 48.5 Å². The van der Waals surface area contributed by atoms with Gasteiger partial charge in [0.15, 0.2) is 0 Å². The molecule has 2 aromatic rings. The average Bonchev–Trinajstić information content (AvgIpc) is 2.49. The van der Waals surface area contributed by atoms with Gasteiger partial charge in [0.05, 0.1) is 0 Å². The van der Waals surface area contributed by atoms with Crippen LogP contribution in [0.5, 0.6) is 0 Å². The van der Waals surface area contributed by atoms with Gasteiger partial charge in [-0.1, -0.05) is 23.4 Å². The van der Waals surface area contributed by atoms with E-state index in [1.54, 1.807) is 0 Å². The van der Waals surface area contributed by atoms with E-state index in [1.165, 1.54) is 5.69 Å². The minimum atomic E-state index is 0.735. The Morgan fingerprint density at radius 3 is 1.70 bits per heavy atom. The quantitative estimate of drug-likeness (QED) is 0.745. The molecule has 0 spiro atoms. The lowest BCUT2D eigenvalue weighted by molar-refractivity contribution is 0.866. The van der Waals surface area contributed by atoms with Crippen molar-refractivity contribution in [2.75, 3.05) is 18.0 Å². The lowest BCUT2D eigenvalue weighted by Crippen LogP contribution is -2.21. The monoisotopic (exact) mass is 283 g/mol. The number of anilines is 1. The predicted octanol–water partition coefficient (Wildman–Crippen LogP) is 4.59. The van der Waals surface area contributed by atoms with Crippen molar-refractivity contribution < 1.29 is 0 Å². The number of hydrogen-bond acceptors (Lipinski definition) is 1. The van der Waals surface area contributed by atoms with Crippen LogP contribution in [0, 0.1) is 11.8 Å². The van der Waals surface area contributed by atoms with Gasteiger partial charge >= 0.3 is 0 Å². The van der Waals surface area contributed by atoms with Crippen LogP contribution in [0.3, 0.4) is 0 Å². The van der Waals surface area contributed by atoms with E-state index < -0.39 is 0 Å². The Morgan fingerprint density at radius 2 is 1.25 bits per heavy atom. The minimum absolute atomic E-state index is 0.735. The van der Waals surface area contributed by atoms with Crippen molar-refractivity contribution in [3.05, 3.63) is 64.7 Å². The molecule has 0 heterocycles. The Balaban J connectivity index is 2.13. The summed E-state index contributed by atoms with van der Waals surface area (Å²) in [6.07, 6.45) is 0. The second kappa shape index (κ2) is 7.03. The first kappa shape index (κ1) is 14.5. The highest BCUT2D eigenvalue weighted by atomic mass is 35.5. The van der Waals surface area contributed by atoms with E-state index in [0.717, 1.165) is 29.2 Å². The van der Waals surface area contributed by atoms with Crippen LogP contribution in [0.25, 0.3) is 0 Å². The molecule has 0 saturated carbocycles. The van der Waals surface area contributed by atoms with Gasteiger partial charge in [0.25, 0.3) is 0 Å². The van der Waals surface area contributed by atoms with Gasteiger partial charge in [0, 0.05) is 34.9 Å². The lowest BCUT2D eigenvalue weighted by Gasteiger charge is -2.20. The van der Waals surface area contributed by atoms with Gasteiger partial charge in [-0.2, -0.15) is 0 Å². The van der Waals surface area contributed by atoms with E-state index in [2.05, 4.69) is 54.9 Å². The third-order valence-electron chi connectivity index (χ3n) is 3.19. The fraction of sp³-hybridized carbons (Fsp3) is 0.222. The van der Waals surface area contributed by atoms with Crippen LogP contribution in [0.1, 0.15) is 25.0 Å². The van der Waals surface area contributed by atoms with Crippen molar-refractivity contribution in [3.63, 3.8) is 0 Å². The fourth-order valence-electron chi connectivity index (χ4n) is 2.02. The van der Waals surface area contributed by atoms with E-state index in [-0.39, 0.29) is 0 Å². The summed E-state index contributed by atoms with van der Waals surface area (Å²) in [7, 11) is 0. The van der Waals surface area contributed by atoms with Gasteiger partial charge in [0.1, 0.15) is 0 Å². The highest BCUT2D eigenvalue weighted by Gasteiger charge is 2.00. The summed E-state index contributed by atoms with van der Waals surface area (Å²) in [5.74, 6) is 6.31. The maximum absolute atomic E-state index is 5.85. The maximum atomic E-state index is 5.85. The van der Waals surface area contributed by atoms with E-state index in [1.807, 2.05) is 24.3 Å². The molecule has 0 radical (unpaired) electrons. The van der Waals surface area contributed by atoms with Gasteiger partial charge in [0.2, 0.25) is 0 Å². The Hall–Kier alpha value is -1.91. The van der Waals surface area contributed by atoms with Crippen molar-refractivity contribution in [2.45, 2.75) is 13.8 Å². The Morgan fingerprint density at radius 1 is 0.800 bits per heavy atom. The molecule has 2 heteroatoms. The second-order valence-electron chi connectivity index (χ2n) is 4.48. The van der Waals surface area contributed by atoms with Crippen molar-refractivity contribution >= 4 is 17.3 Å². The molecule has 0 amide bonds. The first-order chi connectivity index (χ1) is 9.72. The molecule has 0 unspecified atom stereocenters. The summed E-state index contributed by atoms with van der Waals surface area (Å²) >= 11 is 5.85. The molecule has 2 rings (SSSR count). The molecule has 0 aliphatic carbocycles. The summed E-state index contributed by atoms with van der Waals surface area (Å²) in [5, 5.41) is 0.735. The molecular formula is C18H18ClN. The second-order valence-corrected chi connectivity index (χ2v) is 4.91. The van der Waals surface area contributed by atoms with E-state index in [9.17, 15) is 0 Å². The largest absolute Gasteiger partial charge is 0.372 e. The molecule has 0 aliphatic heterocycles. The lowest BCUT2D eigenvalue weighted by atomic mass is 10.1. The van der Waals surface area contributed by atoms with Crippen LogP contribution in [-0.4, -0.2) is 13.1 Å². The molecule has 0 aliphatic rings. The van der Waals surface area contributed by atoms with Crippen LogP contribution in [-0.2, 0) is 0 Å². The van der Waals surface area contributed by atoms with Crippen molar-refractivity contribution in [1.29, 1.82) is 0 Å². The Bertz CT molecular complexity index is 599. The molecule has 2 aromatic carbocycles. The number of benzene rings is 2. The molecule has 0 atom stereocenters. The third-order valence-corrected chi connectivity index (χ3v) is 3.44. The minimum Gasteiger partial charge on any atom is -0.372 e. The molecule has 1 nitrogen and oxygen atoms in total. The number of rotatable bonds is 3. The molecule has 0 aromatic heterocycles. The summed E-state index contributed by atoms with van der Waals surface area (Å²) in [6.45, 7) is 6.37. The molecule has 0 fully saturated rings. The normalized spacial score (nSPS) is 9.75. The number of nitrogens with zero attached hydrogens (tertiary/aromatic N) is 1. The highest BCUT2D eigenvalue weighted by Crippen LogP contribution is 2.14. The van der Waals surface area contributed by atoms with Gasteiger partial charge in [-0.15, -0.1) is 0 Å². The van der Waals surface area contributed by atoms with Gasteiger partial charge in [-0.25, -0.2) is 0 Å². The average molecular weight is 284 g/mol. The van der Waals surface area contributed by atoms with Crippen LogP contribution < -0.4 is 4.90 Å². The van der Waals surface area contributed by atoms with Gasteiger partial charge < -0.3 is 4.90 Å². The summed E-state index contributed by atoms with van der Waals surface area (Å²) in [4.78, 5) is 2.32. The Labute approximate surface area is 126 Å². The van der Waals surface area contributed by atoms with Crippen LogP contribution >= 0.6 is 11.6 Å². The molecule has 0 saturated heterocycles. The van der Waals surface area contributed by atoms with Crippen molar-refractivity contribution in [3.8, 4) is 11.8 Å². The topological polar surface area (TPSA) is 3.24 Å². The zero-order valence-electron chi connectivity index (χ0n) is 11.9. The van der Waals surface area contributed by atoms with Crippen LogP contribution in [0.4, 0.5) is 5.69 Å². The zero-order chi connectivity index (χ0) is 14.4. The molecule has 0 N–H and O–H groups in total. The first-order valence-electron chi connectivity index (χ1n) is 6.85. The molecular weight excluding hydrogens is 266 g/mol. The summed E-state index contributed by atoms with van der Waals surface area (Å²) in [6, 6.07) is 16.0. The number of hydrogen-bond donors (Lipinski definition) is 0. The maximum Gasteiger partial charge on any atom is 0.0406 e. The van der Waals surface area contributed by atoms with Crippen LogP contribution in [0.2, 0.25) is 5.02 Å².